The lowest BCUT2D eigenvalue weighted by atomic mass is 9.93. The van der Waals surface area contributed by atoms with Gasteiger partial charge in [0.2, 0.25) is 0 Å². The molecule has 26 heavy (non-hydrogen) atoms. The molecule has 0 atom stereocenters. The summed E-state index contributed by atoms with van der Waals surface area (Å²) in [6.45, 7) is 0. The van der Waals surface area contributed by atoms with Crippen molar-refractivity contribution in [3.63, 3.8) is 0 Å². The van der Waals surface area contributed by atoms with E-state index in [1.165, 1.54) is 11.3 Å². The molecular formula is C21H14N2O2S. The minimum absolute atomic E-state index is 0.242. The highest BCUT2D eigenvalue weighted by Crippen LogP contribution is 2.30. The Hall–Kier alpha value is -3.36. The number of aryl methyl sites for hydroxylation is 1. The van der Waals surface area contributed by atoms with Gasteiger partial charge in [-0.15, -0.1) is 11.3 Å². The first kappa shape index (κ1) is 16.1. The van der Waals surface area contributed by atoms with Gasteiger partial charge >= 0.3 is 5.97 Å². The van der Waals surface area contributed by atoms with Crippen molar-refractivity contribution in [2.24, 2.45) is 7.05 Å². The zero-order valence-electron chi connectivity index (χ0n) is 13.9. The predicted octanol–water partition coefficient (Wildman–Crippen LogP) is 4.40. The molecule has 2 heterocycles. The van der Waals surface area contributed by atoms with Gasteiger partial charge in [0.25, 0.3) is 0 Å². The summed E-state index contributed by atoms with van der Waals surface area (Å²) in [7, 11) is 1.98. The largest absolute Gasteiger partial charge is 0.478 e. The second-order valence-electron chi connectivity index (χ2n) is 5.82. The van der Waals surface area contributed by atoms with Gasteiger partial charge in [-0.05, 0) is 41.8 Å². The van der Waals surface area contributed by atoms with Crippen LogP contribution in [-0.4, -0.2) is 20.6 Å². The van der Waals surface area contributed by atoms with Gasteiger partial charge in [-0.25, -0.2) is 9.78 Å². The number of hydrogen-bond acceptors (Lipinski definition) is 3. The summed E-state index contributed by atoms with van der Waals surface area (Å²) < 4.78 is 2.03. The molecule has 0 amide bonds. The highest BCUT2D eigenvalue weighted by atomic mass is 32.1. The van der Waals surface area contributed by atoms with Crippen LogP contribution in [-0.2, 0) is 7.05 Å². The lowest BCUT2D eigenvalue weighted by molar-refractivity contribution is 0.0697. The molecule has 0 aliphatic heterocycles. The topological polar surface area (TPSA) is 55.1 Å². The normalized spacial score (nSPS) is 10.5. The maximum atomic E-state index is 11.8. The van der Waals surface area contributed by atoms with Crippen LogP contribution < -0.4 is 0 Å². The van der Waals surface area contributed by atoms with Crippen molar-refractivity contribution >= 4 is 28.2 Å². The average Bonchev–Trinajstić information content (AvgIpc) is 3.29. The SMILES string of the molecule is Cn1ccc2cc(-c3c(C#Cc4nccs4)cccc3C(=O)O)ccc21. The lowest BCUT2D eigenvalue weighted by Crippen LogP contribution is -2.01. The number of aromatic carboxylic acids is 1. The molecular weight excluding hydrogens is 344 g/mol. The van der Waals surface area contributed by atoms with Crippen molar-refractivity contribution in [1.82, 2.24) is 9.55 Å². The number of carboxylic acids is 1. The summed E-state index contributed by atoms with van der Waals surface area (Å²) in [5.74, 6) is 5.14. The first-order valence-corrected chi connectivity index (χ1v) is 8.85. The van der Waals surface area contributed by atoms with Gasteiger partial charge in [0.1, 0.15) is 0 Å². The Bertz CT molecular complexity index is 1180. The molecule has 126 valence electrons. The summed E-state index contributed by atoms with van der Waals surface area (Å²) in [4.78, 5) is 15.9. The Kier molecular flexibility index (Phi) is 4.04. The van der Waals surface area contributed by atoms with E-state index in [0.29, 0.717) is 16.1 Å². The van der Waals surface area contributed by atoms with Gasteiger partial charge in [-0.3, -0.25) is 0 Å². The van der Waals surface area contributed by atoms with Gasteiger partial charge < -0.3 is 9.67 Å². The molecule has 5 heteroatoms. The quantitative estimate of drug-likeness (QED) is 0.540. The second-order valence-corrected chi connectivity index (χ2v) is 6.72. The van der Waals surface area contributed by atoms with Crippen LogP contribution in [0, 0.1) is 11.8 Å². The van der Waals surface area contributed by atoms with Crippen molar-refractivity contribution in [2.45, 2.75) is 0 Å². The number of rotatable bonds is 2. The van der Waals surface area contributed by atoms with E-state index in [0.717, 1.165) is 16.5 Å². The molecule has 0 spiro atoms. The molecule has 0 saturated carbocycles. The smallest absolute Gasteiger partial charge is 0.336 e. The van der Waals surface area contributed by atoms with E-state index in [4.69, 9.17) is 0 Å². The minimum Gasteiger partial charge on any atom is -0.478 e. The van der Waals surface area contributed by atoms with E-state index >= 15 is 0 Å². The molecule has 0 aliphatic carbocycles. The summed E-state index contributed by atoms with van der Waals surface area (Å²) >= 11 is 1.46. The number of benzene rings is 2. The fourth-order valence-corrected chi connectivity index (χ4v) is 3.47. The molecule has 1 N–H and O–H groups in total. The highest BCUT2D eigenvalue weighted by molar-refractivity contribution is 7.10. The van der Waals surface area contributed by atoms with Crippen LogP contribution in [0.15, 0.2) is 60.2 Å². The van der Waals surface area contributed by atoms with Crippen LogP contribution in [0.1, 0.15) is 20.9 Å². The van der Waals surface area contributed by atoms with Crippen LogP contribution >= 0.6 is 11.3 Å². The van der Waals surface area contributed by atoms with Gasteiger partial charge in [-0.2, -0.15) is 0 Å². The third-order valence-corrected chi connectivity index (χ3v) is 4.89. The van der Waals surface area contributed by atoms with Gasteiger partial charge in [0, 0.05) is 46.9 Å². The molecule has 4 rings (SSSR count). The Morgan fingerprint density at radius 1 is 1.19 bits per heavy atom. The van der Waals surface area contributed by atoms with E-state index in [1.54, 1.807) is 18.3 Å². The number of fused-ring (bicyclic) bond motifs is 1. The molecule has 0 bridgehead atoms. The molecule has 2 aromatic carbocycles. The van der Waals surface area contributed by atoms with Crippen LogP contribution in [0.5, 0.6) is 0 Å². The third-order valence-electron chi connectivity index (χ3n) is 4.21. The zero-order chi connectivity index (χ0) is 18.1. The first-order chi connectivity index (χ1) is 12.6. The number of carboxylic acid groups (broad SMARTS) is 1. The van der Waals surface area contributed by atoms with Crippen molar-refractivity contribution < 1.29 is 9.90 Å². The van der Waals surface area contributed by atoms with Crippen molar-refractivity contribution in [1.29, 1.82) is 0 Å². The minimum atomic E-state index is -0.967. The number of thiazole rings is 1. The maximum absolute atomic E-state index is 11.8. The number of carbonyl (C=O) groups is 1. The molecule has 4 nitrogen and oxygen atoms in total. The Balaban J connectivity index is 1.93. The van der Waals surface area contributed by atoms with Gasteiger partial charge in [0.05, 0.1) is 5.56 Å². The maximum Gasteiger partial charge on any atom is 0.336 e. The molecule has 0 unspecified atom stereocenters. The van der Waals surface area contributed by atoms with Gasteiger partial charge in [-0.1, -0.05) is 18.1 Å². The lowest BCUT2D eigenvalue weighted by Gasteiger charge is -2.10. The monoisotopic (exact) mass is 358 g/mol. The van der Waals surface area contributed by atoms with E-state index in [9.17, 15) is 9.90 Å². The van der Waals surface area contributed by atoms with Crippen LogP contribution in [0.3, 0.4) is 0 Å². The summed E-state index contributed by atoms with van der Waals surface area (Å²) in [6.07, 6.45) is 3.69. The Labute approximate surface area is 154 Å². The first-order valence-electron chi connectivity index (χ1n) is 7.97. The van der Waals surface area contributed by atoms with Crippen molar-refractivity contribution in [3.05, 3.63) is 76.4 Å². The van der Waals surface area contributed by atoms with Crippen molar-refractivity contribution in [2.75, 3.05) is 0 Å². The molecule has 0 saturated heterocycles. The molecule has 0 radical (unpaired) electrons. The molecule has 2 aromatic heterocycles. The highest BCUT2D eigenvalue weighted by Gasteiger charge is 2.15. The third kappa shape index (κ3) is 2.87. The number of nitrogens with zero attached hydrogens (tertiary/aromatic N) is 2. The second kappa shape index (κ2) is 6.51. The molecule has 0 fully saturated rings. The predicted molar refractivity (Wildman–Crippen MR) is 103 cm³/mol. The zero-order valence-corrected chi connectivity index (χ0v) is 14.7. The van der Waals surface area contributed by atoms with E-state index in [-0.39, 0.29) is 5.56 Å². The van der Waals surface area contributed by atoms with Crippen LogP contribution in [0.4, 0.5) is 0 Å². The standard InChI is InChI=1S/C21H14N2O2S/c1-23-11-9-15-13-16(5-7-18(15)23)20-14(3-2-4-17(20)21(24)25)6-8-19-22-10-12-26-19/h2-5,7,9-13H,1H3,(H,24,25). The van der Waals surface area contributed by atoms with E-state index < -0.39 is 5.97 Å². The Morgan fingerprint density at radius 3 is 2.85 bits per heavy atom. The average molecular weight is 358 g/mol. The van der Waals surface area contributed by atoms with Gasteiger partial charge in [0.15, 0.2) is 5.01 Å². The fraction of sp³-hybridized carbons (Fsp3) is 0.0476. The summed E-state index contributed by atoms with van der Waals surface area (Å²) in [5, 5.41) is 13.3. The van der Waals surface area contributed by atoms with E-state index in [1.807, 2.05) is 53.5 Å². The number of hydrogen-bond donors (Lipinski definition) is 1. The van der Waals surface area contributed by atoms with E-state index in [2.05, 4.69) is 16.8 Å². The molecule has 0 aliphatic rings. The van der Waals surface area contributed by atoms with Crippen molar-refractivity contribution in [3.8, 4) is 23.0 Å². The molecule has 4 aromatic rings. The van der Waals surface area contributed by atoms with Crippen LogP contribution in [0.25, 0.3) is 22.0 Å². The Morgan fingerprint density at radius 2 is 2.08 bits per heavy atom. The van der Waals surface area contributed by atoms with Crippen LogP contribution in [0.2, 0.25) is 0 Å². The fourth-order valence-electron chi connectivity index (χ4n) is 2.99. The number of aromatic nitrogens is 2. The summed E-state index contributed by atoms with van der Waals surface area (Å²) in [6, 6.07) is 13.1. The summed E-state index contributed by atoms with van der Waals surface area (Å²) in [5.41, 5.74) is 3.48.